The molecule has 50 heavy (non-hydrogen) atoms. The van der Waals surface area contributed by atoms with Crippen molar-refractivity contribution < 1.29 is 0 Å². The van der Waals surface area contributed by atoms with Crippen LogP contribution in [0.1, 0.15) is 114 Å². The van der Waals surface area contributed by atoms with E-state index in [2.05, 4.69) is 163 Å². The molecule has 252 valence electrons. The van der Waals surface area contributed by atoms with Crippen LogP contribution < -0.4 is 4.90 Å². The molecule has 0 N–H and O–H groups in total. The number of benzene rings is 6. The minimum Gasteiger partial charge on any atom is -0.309 e. The van der Waals surface area contributed by atoms with E-state index in [0.29, 0.717) is 0 Å². The lowest BCUT2D eigenvalue weighted by atomic mass is 9.60. The minimum absolute atomic E-state index is 0.0829. The highest BCUT2D eigenvalue weighted by Crippen LogP contribution is 2.59. The van der Waals surface area contributed by atoms with Crippen molar-refractivity contribution in [3.63, 3.8) is 0 Å². The van der Waals surface area contributed by atoms with Crippen molar-refractivity contribution in [1.82, 2.24) is 0 Å². The van der Waals surface area contributed by atoms with Crippen LogP contribution in [0, 0.1) is 0 Å². The van der Waals surface area contributed by atoms with Crippen LogP contribution in [0.3, 0.4) is 0 Å². The van der Waals surface area contributed by atoms with Crippen molar-refractivity contribution in [2.75, 3.05) is 4.90 Å². The van der Waals surface area contributed by atoms with Crippen LogP contribution in [0.15, 0.2) is 103 Å². The number of hydrogen-bond acceptors (Lipinski definition) is 1. The predicted octanol–water partition coefficient (Wildman–Crippen LogP) is 13.7. The summed E-state index contributed by atoms with van der Waals surface area (Å²) in [6, 6.07) is 39.6. The van der Waals surface area contributed by atoms with Gasteiger partial charge in [-0.2, -0.15) is 0 Å². The van der Waals surface area contributed by atoms with Gasteiger partial charge >= 0.3 is 0 Å². The van der Waals surface area contributed by atoms with E-state index >= 15 is 0 Å². The van der Waals surface area contributed by atoms with Gasteiger partial charge in [0, 0.05) is 12.1 Å². The van der Waals surface area contributed by atoms with E-state index in [-0.39, 0.29) is 21.7 Å². The van der Waals surface area contributed by atoms with Crippen LogP contribution in [0.5, 0.6) is 0 Å². The van der Waals surface area contributed by atoms with E-state index in [4.69, 9.17) is 0 Å². The average molecular weight is 654 g/mol. The molecule has 0 saturated carbocycles. The molecule has 0 spiro atoms. The Morgan fingerprint density at radius 3 is 1.50 bits per heavy atom. The molecule has 1 heteroatoms. The second-order valence-electron chi connectivity index (χ2n) is 18.3. The number of fused-ring (bicyclic) bond motifs is 9. The largest absolute Gasteiger partial charge is 0.309 e. The highest BCUT2D eigenvalue weighted by atomic mass is 15.2. The van der Waals surface area contributed by atoms with E-state index in [1.165, 1.54) is 97.7 Å². The molecule has 0 fully saturated rings. The van der Waals surface area contributed by atoms with Gasteiger partial charge in [-0.25, -0.2) is 0 Å². The maximum Gasteiger partial charge on any atom is 0.0537 e. The van der Waals surface area contributed by atoms with E-state index in [1.54, 1.807) is 11.1 Å². The summed E-state index contributed by atoms with van der Waals surface area (Å²) in [5.74, 6) is 0. The van der Waals surface area contributed by atoms with Crippen LogP contribution in [0.4, 0.5) is 17.1 Å². The van der Waals surface area contributed by atoms with Crippen molar-refractivity contribution in [3.8, 4) is 11.1 Å². The van der Waals surface area contributed by atoms with E-state index in [0.717, 1.165) is 6.42 Å². The van der Waals surface area contributed by atoms with Crippen LogP contribution >= 0.6 is 0 Å². The summed E-state index contributed by atoms with van der Waals surface area (Å²) in [7, 11) is 0. The SMILES string of the molecule is CC1(C)CCC(C)(C)c2c1ccc1c2N(c2ccc(-c3cc4ccccc4c4ccccc34)cc2)c2c(ccc3c2C(C)(C)CCC3(C)C)C1. The lowest BCUT2D eigenvalue weighted by molar-refractivity contribution is 0.330. The summed E-state index contributed by atoms with van der Waals surface area (Å²) in [6.07, 6.45) is 5.81. The van der Waals surface area contributed by atoms with Crippen molar-refractivity contribution >= 4 is 38.6 Å². The van der Waals surface area contributed by atoms with Gasteiger partial charge in [-0.05, 0) is 132 Å². The number of nitrogens with zero attached hydrogens (tertiary/aromatic N) is 1. The third-order valence-corrected chi connectivity index (χ3v) is 13.1. The van der Waals surface area contributed by atoms with Gasteiger partial charge in [-0.15, -0.1) is 0 Å². The lowest BCUT2D eigenvalue weighted by Gasteiger charge is -2.49. The Bertz CT molecular complexity index is 2260. The molecule has 0 aromatic heterocycles. The molecule has 3 aliphatic rings. The Balaban J connectivity index is 1.32. The summed E-state index contributed by atoms with van der Waals surface area (Å²) in [6.45, 7) is 19.8. The van der Waals surface area contributed by atoms with Crippen LogP contribution in [-0.4, -0.2) is 0 Å². The van der Waals surface area contributed by atoms with Crippen LogP contribution in [0.25, 0.3) is 32.7 Å². The van der Waals surface area contributed by atoms with Crippen molar-refractivity contribution in [2.45, 2.75) is 109 Å². The molecule has 6 aromatic carbocycles. The molecular weight excluding hydrogens is 603 g/mol. The summed E-state index contributed by atoms with van der Waals surface area (Å²) in [5.41, 5.74) is 16.3. The average Bonchev–Trinajstić information content (AvgIpc) is 3.10. The smallest absolute Gasteiger partial charge is 0.0537 e. The zero-order chi connectivity index (χ0) is 34.8. The van der Waals surface area contributed by atoms with Gasteiger partial charge in [0.25, 0.3) is 0 Å². The maximum atomic E-state index is 2.74. The monoisotopic (exact) mass is 653 g/mol. The Morgan fingerprint density at radius 1 is 0.460 bits per heavy atom. The molecule has 1 aliphatic heterocycles. The summed E-state index contributed by atoms with van der Waals surface area (Å²) < 4.78 is 0. The normalized spacial score (nSPS) is 19.4. The first-order valence-corrected chi connectivity index (χ1v) is 18.9. The molecule has 0 amide bonds. The molecule has 9 rings (SSSR count). The van der Waals surface area contributed by atoms with Crippen LogP contribution in [0.2, 0.25) is 0 Å². The molecule has 0 radical (unpaired) electrons. The molecule has 0 saturated heterocycles. The first kappa shape index (κ1) is 31.6. The highest BCUT2D eigenvalue weighted by molar-refractivity contribution is 6.13. The fourth-order valence-electron chi connectivity index (χ4n) is 9.99. The van der Waals surface area contributed by atoms with Gasteiger partial charge in [-0.3, -0.25) is 0 Å². The van der Waals surface area contributed by atoms with E-state index in [9.17, 15) is 0 Å². The predicted molar refractivity (Wildman–Crippen MR) is 215 cm³/mol. The van der Waals surface area contributed by atoms with E-state index in [1.807, 2.05) is 0 Å². The van der Waals surface area contributed by atoms with Gasteiger partial charge in [0.15, 0.2) is 0 Å². The Morgan fingerprint density at radius 2 is 0.940 bits per heavy atom. The number of hydrogen-bond donors (Lipinski definition) is 0. The van der Waals surface area contributed by atoms with Gasteiger partial charge in [-0.1, -0.05) is 140 Å². The highest BCUT2D eigenvalue weighted by Gasteiger charge is 2.45. The molecule has 6 aromatic rings. The molecule has 1 nitrogen and oxygen atoms in total. The second kappa shape index (κ2) is 10.6. The van der Waals surface area contributed by atoms with Crippen molar-refractivity contribution in [2.24, 2.45) is 0 Å². The third-order valence-electron chi connectivity index (χ3n) is 13.1. The molecular formula is C49H51N. The molecule has 0 atom stereocenters. The maximum absolute atomic E-state index is 2.74. The summed E-state index contributed by atoms with van der Waals surface area (Å²) >= 11 is 0. The zero-order valence-electron chi connectivity index (χ0n) is 31.3. The van der Waals surface area contributed by atoms with Crippen molar-refractivity contribution in [1.29, 1.82) is 0 Å². The number of rotatable bonds is 2. The topological polar surface area (TPSA) is 3.24 Å². The first-order chi connectivity index (χ1) is 23.8. The van der Waals surface area contributed by atoms with Gasteiger partial charge in [0.05, 0.1) is 11.4 Å². The van der Waals surface area contributed by atoms with Crippen LogP contribution in [-0.2, 0) is 28.1 Å². The minimum atomic E-state index is 0.0829. The lowest BCUT2D eigenvalue weighted by Crippen LogP contribution is -2.39. The zero-order valence-corrected chi connectivity index (χ0v) is 31.3. The van der Waals surface area contributed by atoms with E-state index < -0.39 is 0 Å². The fraction of sp³-hybridized carbons (Fsp3) is 0.347. The summed E-state index contributed by atoms with van der Waals surface area (Å²) in [4.78, 5) is 2.74. The standard InChI is InChI=1S/C49H51N/c1-46(2)25-27-48(5,6)42-40(46)23-19-33-29-34-20-24-41-43(49(7,8)28-26-47(41,3)4)45(34)50(44(33)42)35-21-17-31(18-22-35)39-30-32-13-9-10-14-36(32)37-15-11-12-16-38(37)39/h9-24,30H,25-29H2,1-8H3. The third kappa shape index (κ3) is 4.58. The molecule has 0 unspecified atom stereocenters. The van der Waals surface area contributed by atoms with Gasteiger partial charge in [0.2, 0.25) is 0 Å². The summed E-state index contributed by atoms with van der Waals surface area (Å²) in [5, 5.41) is 5.23. The fourth-order valence-corrected chi connectivity index (χ4v) is 9.99. The molecule has 0 bridgehead atoms. The quantitative estimate of drug-likeness (QED) is 0.168. The Labute approximate surface area is 299 Å². The van der Waals surface area contributed by atoms with Gasteiger partial charge in [0.1, 0.15) is 0 Å². The molecule has 2 aliphatic carbocycles. The number of anilines is 3. The van der Waals surface area contributed by atoms with Crippen molar-refractivity contribution in [3.05, 3.63) is 137 Å². The Hall–Kier alpha value is -4.36. The second-order valence-corrected chi connectivity index (χ2v) is 18.3. The van der Waals surface area contributed by atoms with Gasteiger partial charge < -0.3 is 4.90 Å². The molecule has 1 heterocycles. The first-order valence-electron chi connectivity index (χ1n) is 18.9. The Kier molecular flexibility index (Phi) is 6.69.